The van der Waals surface area contributed by atoms with Gasteiger partial charge in [-0.3, -0.25) is 0 Å². The minimum absolute atomic E-state index is 0.00687. The third-order valence-corrected chi connectivity index (χ3v) is 6.21. The van der Waals surface area contributed by atoms with Gasteiger partial charge in [0.25, 0.3) is 10.0 Å². The number of nitrogens with zero attached hydrogens (tertiary/aromatic N) is 1. The first-order chi connectivity index (χ1) is 15.3. The number of carbonyl (C=O) groups excluding carboxylic acids is 1. The van der Waals surface area contributed by atoms with Crippen LogP contribution >= 0.6 is 0 Å². The zero-order valence-corrected chi connectivity index (χ0v) is 18.3. The molecule has 0 atom stereocenters. The first-order valence-corrected chi connectivity index (χ1v) is 11.3. The number of carbonyl (C=O) groups is 1. The standard InChI is InChI=1S/C22H24FN3O5S/c1-25-14-16-12-21(19-8-2-3-9-20(19)23)26(15-16)32(28,29)18-7-4-6-17(13-18)30-10-5-11-31-22(24)27/h2-4,6-9,12-13,15,25H,5,10-11,14H2,1H3,(H2,24,27). The minimum atomic E-state index is -4.04. The molecule has 32 heavy (non-hydrogen) atoms. The summed E-state index contributed by atoms with van der Waals surface area (Å²) in [7, 11) is -2.30. The molecule has 0 radical (unpaired) electrons. The Balaban J connectivity index is 1.91. The van der Waals surface area contributed by atoms with Crippen LogP contribution in [0, 0.1) is 5.82 Å². The van der Waals surface area contributed by atoms with E-state index in [9.17, 15) is 17.6 Å². The zero-order chi connectivity index (χ0) is 23.1. The topological polar surface area (TPSA) is 113 Å². The molecular weight excluding hydrogens is 437 g/mol. The third kappa shape index (κ3) is 5.45. The highest BCUT2D eigenvalue weighted by atomic mass is 32.2. The smallest absolute Gasteiger partial charge is 0.404 e. The molecule has 1 amide bonds. The number of rotatable bonds is 10. The fourth-order valence-electron chi connectivity index (χ4n) is 3.12. The Labute approximate surface area is 185 Å². The second-order valence-corrected chi connectivity index (χ2v) is 8.70. The van der Waals surface area contributed by atoms with E-state index in [0.717, 1.165) is 3.97 Å². The van der Waals surface area contributed by atoms with Crippen LogP contribution in [0.3, 0.4) is 0 Å². The van der Waals surface area contributed by atoms with Crippen LogP contribution in [0.25, 0.3) is 11.3 Å². The number of primary amides is 1. The van der Waals surface area contributed by atoms with Gasteiger partial charge in [0.2, 0.25) is 0 Å². The van der Waals surface area contributed by atoms with E-state index in [0.29, 0.717) is 24.3 Å². The molecule has 1 aromatic heterocycles. The van der Waals surface area contributed by atoms with Crippen LogP contribution in [-0.2, 0) is 21.3 Å². The van der Waals surface area contributed by atoms with E-state index in [4.69, 9.17) is 10.5 Å². The van der Waals surface area contributed by atoms with Gasteiger partial charge in [0.15, 0.2) is 0 Å². The van der Waals surface area contributed by atoms with Crippen molar-refractivity contribution in [2.75, 3.05) is 20.3 Å². The molecule has 2 aromatic carbocycles. The molecule has 1 heterocycles. The van der Waals surface area contributed by atoms with Gasteiger partial charge in [-0.05, 0) is 42.9 Å². The van der Waals surface area contributed by atoms with Gasteiger partial charge in [-0.15, -0.1) is 0 Å². The lowest BCUT2D eigenvalue weighted by atomic mass is 10.1. The average molecular weight is 462 g/mol. The van der Waals surface area contributed by atoms with E-state index in [1.165, 1.54) is 30.5 Å². The van der Waals surface area contributed by atoms with Crippen molar-refractivity contribution < 1.29 is 27.1 Å². The van der Waals surface area contributed by atoms with Crippen LogP contribution in [0.5, 0.6) is 5.75 Å². The van der Waals surface area contributed by atoms with Gasteiger partial charge >= 0.3 is 6.09 Å². The summed E-state index contributed by atoms with van der Waals surface area (Å²) in [6.45, 7) is 0.713. The van der Waals surface area contributed by atoms with Gasteiger partial charge < -0.3 is 20.5 Å². The van der Waals surface area contributed by atoms with Crippen molar-refractivity contribution in [2.24, 2.45) is 5.73 Å². The Morgan fingerprint density at radius 1 is 1.12 bits per heavy atom. The number of nitrogens with two attached hydrogens (primary N) is 1. The summed E-state index contributed by atoms with van der Waals surface area (Å²) < 4.78 is 52.7. The van der Waals surface area contributed by atoms with Crippen LogP contribution in [-0.4, -0.2) is 38.7 Å². The molecule has 170 valence electrons. The van der Waals surface area contributed by atoms with Gasteiger partial charge in [-0.25, -0.2) is 21.6 Å². The Hall–Kier alpha value is -3.37. The van der Waals surface area contributed by atoms with Crippen molar-refractivity contribution in [1.29, 1.82) is 0 Å². The number of hydrogen-bond donors (Lipinski definition) is 2. The summed E-state index contributed by atoms with van der Waals surface area (Å²) in [5, 5.41) is 2.97. The average Bonchev–Trinajstić information content (AvgIpc) is 3.19. The largest absolute Gasteiger partial charge is 0.493 e. The molecule has 0 aliphatic heterocycles. The molecule has 0 aliphatic rings. The normalized spacial score (nSPS) is 11.3. The third-order valence-electron chi connectivity index (χ3n) is 4.54. The van der Waals surface area contributed by atoms with E-state index in [2.05, 4.69) is 10.1 Å². The van der Waals surface area contributed by atoms with E-state index >= 15 is 0 Å². The second kappa shape index (κ2) is 10.3. The quantitative estimate of drug-likeness (QED) is 0.449. The fraction of sp³-hybridized carbons (Fsp3) is 0.227. The fourth-order valence-corrected chi connectivity index (χ4v) is 4.55. The molecule has 0 unspecified atom stereocenters. The Morgan fingerprint density at radius 2 is 1.91 bits per heavy atom. The van der Waals surface area contributed by atoms with Crippen molar-refractivity contribution in [3.05, 3.63) is 72.2 Å². The maximum Gasteiger partial charge on any atom is 0.404 e. The molecule has 3 aromatic rings. The van der Waals surface area contributed by atoms with Crippen molar-refractivity contribution >= 4 is 16.1 Å². The number of hydrogen-bond acceptors (Lipinski definition) is 6. The molecule has 0 spiro atoms. The highest BCUT2D eigenvalue weighted by Crippen LogP contribution is 2.30. The van der Waals surface area contributed by atoms with Gasteiger partial charge in [0, 0.05) is 30.8 Å². The first-order valence-electron chi connectivity index (χ1n) is 9.84. The predicted octanol–water partition coefficient (Wildman–Crippen LogP) is 3.11. The first kappa shape index (κ1) is 23.3. The van der Waals surface area contributed by atoms with Gasteiger partial charge in [-0.2, -0.15) is 0 Å². The van der Waals surface area contributed by atoms with Crippen LogP contribution in [0.15, 0.2) is 65.7 Å². The zero-order valence-electron chi connectivity index (χ0n) is 17.5. The summed E-state index contributed by atoms with van der Waals surface area (Å²) in [6.07, 6.45) is 0.998. The lowest BCUT2D eigenvalue weighted by Crippen LogP contribution is -2.15. The summed E-state index contributed by atoms with van der Waals surface area (Å²) >= 11 is 0. The number of aromatic nitrogens is 1. The molecule has 3 N–H and O–H groups in total. The number of ether oxygens (including phenoxy) is 2. The lowest BCUT2D eigenvalue weighted by Gasteiger charge is -2.13. The van der Waals surface area contributed by atoms with Gasteiger partial charge in [0.1, 0.15) is 11.6 Å². The molecule has 10 heteroatoms. The summed E-state index contributed by atoms with van der Waals surface area (Å²) in [4.78, 5) is 10.6. The second-order valence-electron chi connectivity index (χ2n) is 6.89. The number of nitrogens with one attached hydrogen (secondary N) is 1. The maximum atomic E-state index is 14.5. The van der Waals surface area contributed by atoms with E-state index in [1.54, 1.807) is 37.4 Å². The van der Waals surface area contributed by atoms with Gasteiger partial charge in [-0.1, -0.05) is 18.2 Å². The summed E-state index contributed by atoms with van der Waals surface area (Å²) in [5.41, 5.74) is 5.99. The van der Waals surface area contributed by atoms with E-state index in [-0.39, 0.29) is 29.4 Å². The van der Waals surface area contributed by atoms with Crippen LogP contribution in [0.4, 0.5) is 9.18 Å². The SMILES string of the molecule is CNCc1cc(-c2ccccc2F)n(S(=O)(=O)c2cccc(OCCCOC(N)=O)c2)c1. The van der Waals surface area contributed by atoms with Gasteiger partial charge in [0.05, 0.1) is 23.8 Å². The summed E-state index contributed by atoms with van der Waals surface area (Å²) in [5.74, 6) is -0.187. The Kier molecular flexibility index (Phi) is 7.49. The molecule has 0 saturated carbocycles. The molecule has 0 aliphatic carbocycles. The Bertz CT molecular complexity index is 1190. The monoisotopic (exact) mass is 461 g/mol. The molecule has 0 fully saturated rings. The highest BCUT2D eigenvalue weighted by molar-refractivity contribution is 7.90. The summed E-state index contributed by atoms with van der Waals surface area (Å²) in [6, 6.07) is 13.7. The van der Waals surface area contributed by atoms with Crippen LogP contribution in [0.1, 0.15) is 12.0 Å². The number of halogens is 1. The van der Waals surface area contributed by atoms with Crippen LogP contribution in [0.2, 0.25) is 0 Å². The predicted molar refractivity (Wildman–Crippen MR) is 117 cm³/mol. The van der Waals surface area contributed by atoms with Crippen LogP contribution < -0.4 is 15.8 Å². The molecule has 0 bridgehead atoms. The number of amides is 1. The van der Waals surface area contributed by atoms with E-state index < -0.39 is 21.9 Å². The molecule has 0 saturated heterocycles. The van der Waals surface area contributed by atoms with Crippen molar-refractivity contribution in [3.8, 4) is 17.0 Å². The van der Waals surface area contributed by atoms with Crippen molar-refractivity contribution in [1.82, 2.24) is 9.29 Å². The Morgan fingerprint density at radius 3 is 2.62 bits per heavy atom. The molecular formula is C22H24FN3O5S. The maximum absolute atomic E-state index is 14.5. The van der Waals surface area contributed by atoms with E-state index in [1.807, 2.05) is 0 Å². The molecule has 8 nitrogen and oxygen atoms in total. The highest BCUT2D eigenvalue weighted by Gasteiger charge is 2.23. The van der Waals surface area contributed by atoms with Crippen molar-refractivity contribution in [3.63, 3.8) is 0 Å². The van der Waals surface area contributed by atoms with Crippen molar-refractivity contribution in [2.45, 2.75) is 17.9 Å². The molecule has 3 rings (SSSR count). The lowest BCUT2D eigenvalue weighted by molar-refractivity contribution is 0.147. The minimum Gasteiger partial charge on any atom is -0.493 e. The number of benzene rings is 2.